The first kappa shape index (κ1) is 14.9. The Hall–Kier alpha value is -2.70. The van der Waals surface area contributed by atoms with Crippen molar-refractivity contribution in [3.05, 3.63) is 34.4 Å². The van der Waals surface area contributed by atoms with E-state index in [0.717, 1.165) is 36.8 Å². The SMILES string of the molecule is Cc1nc(N)nc2c1cc(-c1ccn(C)n1)c(=O)n2C1CCCC1. The molecular formula is C17H20N6O. The second kappa shape index (κ2) is 5.43. The van der Waals surface area contributed by atoms with E-state index in [9.17, 15) is 4.79 Å². The summed E-state index contributed by atoms with van der Waals surface area (Å²) in [5.74, 6) is 0.205. The molecule has 0 amide bonds. The van der Waals surface area contributed by atoms with Crippen LogP contribution in [-0.2, 0) is 7.05 Å². The largest absolute Gasteiger partial charge is 0.368 e. The lowest BCUT2D eigenvalue weighted by Crippen LogP contribution is -2.26. The van der Waals surface area contributed by atoms with Crippen molar-refractivity contribution < 1.29 is 0 Å². The molecule has 4 rings (SSSR count). The third-order valence-corrected chi connectivity index (χ3v) is 4.78. The first-order valence-electron chi connectivity index (χ1n) is 8.24. The van der Waals surface area contributed by atoms with Crippen LogP contribution in [0.3, 0.4) is 0 Å². The van der Waals surface area contributed by atoms with Gasteiger partial charge >= 0.3 is 0 Å². The predicted octanol–water partition coefficient (Wildman–Crippen LogP) is 2.20. The minimum atomic E-state index is -0.0504. The number of anilines is 1. The highest BCUT2D eigenvalue weighted by Gasteiger charge is 2.24. The Morgan fingerprint density at radius 3 is 2.67 bits per heavy atom. The summed E-state index contributed by atoms with van der Waals surface area (Å²) < 4.78 is 3.52. The van der Waals surface area contributed by atoms with Gasteiger partial charge in [-0.15, -0.1) is 0 Å². The molecule has 0 unspecified atom stereocenters. The molecular weight excluding hydrogens is 304 g/mol. The molecule has 0 aromatic carbocycles. The average Bonchev–Trinajstić information content (AvgIpc) is 3.18. The van der Waals surface area contributed by atoms with Crippen LogP contribution in [0.1, 0.15) is 37.4 Å². The third-order valence-electron chi connectivity index (χ3n) is 4.78. The number of hydrogen-bond acceptors (Lipinski definition) is 5. The molecule has 1 fully saturated rings. The van der Waals surface area contributed by atoms with Gasteiger partial charge in [-0.05, 0) is 31.9 Å². The predicted molar refractivity (Wildman–Crippen MR) is 92.7 cm³/mol. The summed E-state index contributed by atoms with van der Waals surface area (Å²) in [7, 11) is 1.84. The molecule has 0 bridgehead atoms. The van der Waals surface area contributed by atoms with Gasteiger partial charge in [0.05, 0.1) is 17.0 Å². The summed E-state index contributed by atoms with van der Waals surface area (Å²) in [5.41, 5.74) is 8.47. The van der Waals surface area contributed by atoms with Crippen molar-refractivity contribution in [1.82, 2.24) is 24.3 Å². The number of aromatic nitrogens is 5. The van der Waals surface area contributed by atoms with Crippen molar-refractivity contribution in [2.45, 2.75) is 38.6 Å². The van der Waals surface area contributed by atoms with Crippen LogP contribution >= 0.6 is 0 Å². The maximum absolute atomic E-state index is 13.2. The summed E-state index contributed by atoms with van der Waals surface area (Å²) in [6.45, 7) is 1.89. The number of hydrogen-bond donors (Lipinski definition) is 1. The second-order valence-electron chi connectivity index (χ2n) is 6.45. The van der Waals surface area contributed by atoms with Crippen molar-refractivity contribution in [1.29, 1.82) is 0 Å². The van der Waals surface area contributed by atoms with E-state index in [1.54, 1.807) is 4.68 Å². The summed E-state index contributed by atoms with van der Waals surface area (Å²) in [6.07, 6.45) is 6.08. The van der Waals surface area contributed by atoms with Crippen LogP contribution in [0.4, 0.5) is 5.95 Å². The minimum absolute atomic E-state index is 0.0504. The summed E-state index contributed by atoms with van der Waals surface area (Å²) in [5, 5.41) is 5.26. The van der Waals surface area contributed by atoms with Gasteiger partial charge in [-0.3, -0.25) is 14.0 Å². The van der Waals surface area contributed by atoms with Crippen molar-refractivity contribution in [2.75, 3.05) is 5.73 Å². The van der Waals surface area contributed by atoms with E-state index in [1.807, 2.05) is 36.9 Å². The van der Waals surface area contributed by atoms with Gasteiger partial charge in [0.25, 0.3) is 5.56 Å². The highest BCUT2D eigenvalue weighted by molar-refractivity contribution is 5.83. The lowest BCUT2D eigenvalue weighted by Gasteiger charge is -2.18. The monoisotopic (exact) mass is 324 g/mol. The quantitative estimate of drug-likeness (QED) is 0.780. The first-order valence-corrected chi connectivity index (χ1v) is 8.24. The number of rotatable bonds is 2. The lowest BCUT2D eigenvalue weighted by molar-refractivity contribution is 0.516. The Balaban J connectivity index is 2.08. The van der Waals surface area contributed by atoms with Crippen LogP contribution in [0.2, 0.25) is 0 Å². The van der Waals surface area contributed by atoms with Crippen molar-refractivity contribution >= 4 is 17.0 Å². The fraction of sp³-hybridized carbons (Fsp3) is 0.412. The number of nitrogen functional groups attached to an aromatic ring is 1. The maximum Gasteiger partial charge on any atom is 0.262 e. The first-order chi connectivity index (χ1) is 11.5. The fourth-order valence-corrected chi connectivity index (χ4v) is 3.62. The molecule has 7 heteroatoms. The van der Waals surface area contributed by atoms with Gasteiger partial charge in [0, 0.05) is 24.7 Å². The molecule has 2 N–H and O–H groups in total. The molecule has 0 atom stereocenters. The van der Waals surface area contributed by atoms with Gasteiger partial charge in [0.1, 0.15) is 5.65 Å². The highest BCUT2D eigenvalue weighted by Crippen LogP contribution is 2.32. The molecule has 1 saturated carbocycles. The summed E-state index contributed by atoms with van der Waals surface area (Å²) in [4.78, 5) is 21.9. The zero-order valence-electron chi connectivity index (χ0n) is 13.9. The number of aryl methyl sites for hydroxylation is 2. The molecule has 1 aliphatic rings. The van der Waals surface area contributed by atoms with E-state index in [1.165, 1.54) is 0 Å². The summed E-state index contributed by atoms with van der Waals surface area (Å²) in [6, 6.07) is 3.87. The van der Waals surface area contributed by atoms with E-state index < -0.39 is 0 Å². The Kier molecular flexibility index (Phi) is 3.37. The van der Waals surface area contributed by atoms with Crippen LogP contribution in [0.15, 0.2) is 23.1 Å². The molecule has 3 aromatic rings. The molecule has 0 spiro atoms. The van der Waals surface area contributed by atoms with E-state index in [-0.39, 0.29) is 17.5 Å². The summed E-state index contributed by atoms with van der Waals surface area (Å²) >= 11 is 0. The smallest absolute Gasteiger partial charge is 0.262 e. The van der Waals surface area contributed by atoms with Gasteiger partial charge in [-0.2, -0.15) is 10.1 Å². The highest BCUT2D eigenvalue weighted by atomic mass is 16.1. The molecule has 0 radical (unpaired) electrons. The zero-order chi connectivity index (χ0) is 16.8. The number of fused-ring (bicyclic) bond motifs is 1. The van der Waals surface area contributed by atoms with Crippen LogP contribution in [0.25, 0.3) is 22.3 Å². The number of nitrogens with two attached hydrogens (primary N) is 1. The van der Waals surface area contributed by atoms with E-state index in [4.69, 9.17) is 5.73 Å². The van der Waals surface area contributed by atoms with Crippen LogP contribution in [-0.4, -0.2) is 24.3 Å². The van der Waals surface area contributed by atoms with Gasteiger partial charge in [-0.1, -0.05) is 12.8 Å². The van der Waals surface area contributed by atoms with Crippen LogP contribution in [0.5, 0.6) is 0 Å². The fourth-order valence-electron chi connectivity index (χ4n) is 3.62. The lowest BCUT2D eigenvalue weighted by atomic mass is 10.1. The topological polar surface area (TPSA) is 91.6 Å². The molecule has 1 aliphatic carbocycles. The molecule has 3 heterocycles. The van der Waals surface area contributed by atoms with Crippen molar-refractivity contribution in [2.24, 2.45) is 7.05 Å². The van der Waals surface area contributed by atoms with Gasteiger partial charge in [-0.25, -0.2) is 4.98 Å². The Morgan fingerprint density at radius 2 is 2.00 bits per heavy atom. The zero-order valence-corrected chi connectivity index (χ0v) is 13.9. The molecule has 3 aromatic heterocycles. The minimum Gasteiger partial charge on any atom is -0.368 e. The van der Waals surface area contributed by atoms with Gasteiger partial charge in [0.15, 0.2) is 0 Å². The normalized spacial score (nSPS) is 15.4. The van der Waals surface area contributed by atoms with E-state index >= 15 is 0 Å². The van der Waals surface area contributed by atoms with Crippen LogP contribution < -0.4 is 11.3 Å². The number of pyridine rings is 1. The standard InChI is InChI=1S/C17H20N6O/c1-10-12-9-13(14-7-8-22(2)21-14)16(24)23(11-5-3-4-6-11)15(12)20-17(18)19-10/h7-9,11H,3-6H2,1-2H3,(H2,18,19,20). The van der Waals surface area contributed by atoms with E-state index in [2.05, 4.69) is 15.1 Å². The van der Waals surface area contributed by atoms with Gasteiger partial charge < -0.3 is 5.73 Å². The molecule has 7 nitrogen and oxygen atoms in total. The van der Waals surface area contributed by atoms with Gasteiger partial charge in [0.2, 0.25) is 5.95 Å². The molecule has 0 saturated heterocycles. The third kappa shape index (κ3) is 2.28. The number of nitrogens with zero attached hydrogens (tertiary/aromatic N) is 5. The van der Waals surface area contributed by atoms with Crippen LogP contribution in [0, 0.1) is 6.92 Å². The Morgan fingerprint density at radius 1 is 1.25 bits per heavy atom. The molecule has 124 valence electrons. The van der Waals surface area contributed by atoms with Crippen molar-refractivity contribution in [3.63, 3.8) is 0 Å². The average molecular weight is 324 g/mol. The maximum atomic E-state index is 13.2. The molecule has 0 aliphatic heterocycles. The molecule has 24 heavy (non-hydrogen) atoms. The van der Waals surface area contributed by atoms with Crippen molar-refractivity contribution in [3.8, 4) is 11.3 Å². The Bertz CT molecular complexity index is 981. The Labute approximate surface area is 139 Å². The second-order valence-corrected chi connectivity index (χ2v) is 6.45. The van der Waals surface area contributed by atoms with E-state index in [0.29, 0.717) is 16.9 Å².